The average molecular weight is 209 g/mol. The Hall–Kier alpha value is -1.96. The highest BCUT2D eigenvalue weighted by atomic mass is 16.1. The van der Waals surface area contributed by atoms with Crippen LogP contribution in [0.5, 0.6) is 0 Å². The molecule has 0 unspecified atom stereocenters. The van der Waals surface area contributed by atoms with E-state index < -0.39 is 0 Å². The highest BCUT2D eigenvalue weighted by Gasteiger charge is 2.29. The molecule has 2 heteroatoms. The van der Waals surface area contributed by atoms with E-state index >= 15 is 0 Å². The van der Waals surface area contributed by atoms with Gasteiger partial charge in [-0.1, -0.05) is 24.3 Å². The van der Waals surface area contributed by atoms with Crippen molar-refractivity contribution in [1.29, 1.82) is 0 Å². The summed E-state index contributed by atoms with van der Waals surface area (Å²) in [6, 6.07) is 9.63. The Kier molecular flexibility index (Phi) is 1.75. The number of aromatic nitrogens is 1. The van der Waals surface area contributed by atoms with Crippen molar-refractivity contribution in [2.24, 2.45) is 0 Å². The number of fused-ring (bicyclic) bond motifs is 3. The molecule has 0 amide bonds. The molecule has 2 nitrogen and oxygen atoms in total. The maximum absolute atomic E-state index is 12.2. The SMILES string of the molecule is Cc1cc(C)c2c(n1)-c1ccccc1C2=O. The third kappa shape index (κ3) is 1.07. The van der Waals surface area contributed by atoms with Crippen LogP contribution in [0.3, 0.4) is 0 Å². The fourth-order valence-corrected chi connectivity index (χ4v) is 2.34. The Bertz CT molecular complexity index is 614. The van der Waals surface area contributed by atoms with Gasteiger partial charge < -0.3 is 0 Å². The van der Waals surface area contributed by atoms with Crippen LogP contribution < -0.4 is 0 Å². The molecule has 0 atom stereocenters. The first kappa shape index (κ1) is 9.28. The fourth-order valence-electron chi connectivity index (χ4n) is 2.34. The number of hydrogen-bond acceptors (Lipinski definition) is 2. The molecule has 0 spiro atoms. The molecule has 16 heavy (non-hydrogen) atoms. The van der Waals surface area contributed by atoms with Crippen LogP contribution >= 0.6 is 0 Å². The number of ketones is 1. The Balaban J connectivity index is 2.42. The van der Waals surface area contributed by atoms with Crippen LogP contribution in [-0.4, -0.2) is 10.8 Å². The zero-order chi connectivity index (χ0) is 11.3. The van der Waals surface area contributed by atoms with Crippen molar-refractivity contribution >= 4 is 5.78 Å². The lowest BCUT2D eigenvalue weighted by molar-refractivity contribution is 0.104. The van der Waals surface area contributed by atoms with Gasteiger partial charge in [-0.15, -0.1) is 0 Å². The van der Waals surface area contributed by atoms with Crippen molar-refractivity contribution < 1.29 is 4.79 Å². The van der Waals surface area contributed by atoms with Crippen molar-refractivity contribution in [3.8, 4) is 11.3 Å². The number of pyridine rings is 1. The van der Waals surface area contributed by atoms with Crippen molar-refractivity contribution in [3.63, 3.8) is 0 Å². The molecular formula is C14H11NO. The lowest BCUT2D eigenvalue weighted by Gasteiger charge is -2.03. The van der Waals surface area contributed by atoms with E-state index in [0.29, 0.717) is 0 Å². The number of benzene rings is 1. The third-order valence-electron chi connectivity index (χ3n) is 3.00. The molecule has 0 aliphatic heterocycles. The van der Waals surface area contributed by atoms with Crippen LogP contribution in [0.1, 0.15) is 27.2 Å². The van der Waals surface area contributed by atoms with E-state index in [0.717, 1.165) is 33.6 Å². The molecule has 3 rings (SSSR count). The summed E-state index contributed by atoms with van der Waals surface area (Å²) >= 11 is 0. The number of aryl methyl sites for hydroxylation is 2. The summed E-state index contributed by atoms with van der Waals surface area (Å²) in [5.41, 5.74) is 5.34. The molecule has 1 aromatic heterocycles. The maximum atomic E-state index is 12.2. The fraction of sp³-hybridized carbons (Fsp3) is 0.143. The van der Waals surface area contributed by atoms with Gasteiger partial charge in [0.05, 0.1) is 11.3 Å². The molecule has 1 heterocycles. The van der Waals surface area contributed by atoms with E-state index in [9.17, 15) is 4.79 Å². The molecule has 1 aliphatic carbocycles. The van der Waals surface area contributed by atoms with E-state index in [-0.39, 0.29) is 5.78 Å². The van der Waals surface area contributed by atoms with Crippen LogP contribution in [0, 0.1) is 13.8 Å². The van der Waals surface area contributed by atoms with Gasteiger partial charge in [0.1, 0.15) is 0 Å². The quantitative estimate of drug-likeness (QED) is 0.569. The number of hydrogen-bond donors (Lipinski definition) is 0. The van der Waals surface area contributed by atoms with Gasteiger partial charge in [-0.3, -0.25) is 9.78 Å². The molecule has 2 aromatic rings. The van der Waals surface area contributed by atoms with Crippen LogP contribution in [-0.2, 0) is 0 Å². The molecule has 0 radical (unpaired) electrons. The standard InChI is InChI=1S/C14H11NO/c1-8-7-9(2)15-13-10-5-3-4-6-11(10)14(16)12(8)13/h3-7H,1-2H3. The number of carbonyl (C=O) groups is 1. The minimum Gasteiger partial charge on any atom is -0.288 e. The number of carbonyl (C=O) groups excluding carboxylic acids is 1. The molecule has 1 aliphatic rings. The summed E-state index contributed by atoms with van der Waals surface area (Å²) in [5.74, 6) is 0.107. The summed E-state index contributed by atoms with van der Waals surface area (Å²) in [4.78, 5) is 16.7. The highest BCUT2D eigenvalue weighted by Crippen LogP contribution is 2.36. The summed E-state index contributed by atoms with van der Waals surface area (Å²) in [5, 5.41) is 0. The number of nitrogens with zero attached hydrogens (tertiary/aromatic N) is 1. The zero-order valence-corrected chi connectivity index (χ0v) is 9.24. The Labute approximate surface area is 94.0 Å². The van der Waals surface area contributed by atoms with E-state index in [1.54, 1.807) is 0 Å². The second-order valence-corrected chi connectivity index (χ2v) is 4.18. The van der Waals surface area contributed by atoms with Gasteiger partial charge in [0.25, 0.3) is 0 Å². The van der Waals surface area contributed by atoms with Crippen molar-refractivity contribution in [3.05, 3.63) is 52.7 Å². The van der Waals surface area contributed by atoms with Gasteiger partial charge in [-0.2, -0.15) is 0 Å². The van der Waals surface area contributed by atoms with Gasteiger partial charge in [0, 0.05) is 16.8 Å². The summed E-state index contributed by atoms with van der Waals surface area (Å²) in [6.45, 7) is 3.93. The largest absolute Gasteiger partial charge is 0.288 e. The molecule has 0 fully saturated rings. The molecule has 0 N–H and O–H groups in total. The Morgan fingerprint density at radius 1 is 1.06 bits per heavy atom. The molecule has 1 aromatic carbocycles. The van der Waals surface area contributed by atoms with Crippen LogP contribution in [0.15, 0.2) is 30.3 Å². The summed E-state index contributed by atoms with van der Waals surface area (Å²) in [6.07, 6.45) is 0. The lowest BCUT2D eigenvalue weighted by Crippen LogP contribution is -1.99. The van der Waals surface area contributed by atoms with Crippen molar-refractivity contribution in [1.82, 2.24) is 4.98 Å². The Morgan fingerprint density at radius 2 is 1.75 bits per heavy atom. The topological polar surface area (TPSA) is 30.0 Å². The molecule has 0 bridgehead atoms. The van der Waals surface area contributed by atoms with E-state index in [2.05, 4.69) is 4.98 Å². The molecule has 0 saturated carbocycles. The van der Waals surface area contributed by atoms with Gasteiger partial charge >= 0.3 is 0 Å². The van der Waals surface area contributed by atoms with E-state index in [1.807, 2.05) is 44.2 Å². The Morgan fingerprint density at radius 3 is 2.50 bits per heavy atom. The van der Waals surface area contributed by atoms with Crippen molar-refractivity contribution in [2.45, 2.75) is 13.8 Å². The molecular weight excluding hydrogens is 198 g/mol. The van der Waals surface area contributed by atoms with E-state index in [1.165, 1.54) is 0 Å². The lowest BCUT2D eigenvalue weighted by atomic mass is 10.1. The molecule has 78 valence electrons. The monoisotopic (exact) mass is 209 g/mol. The van der Waals surface area contributed by atoms with Gasteiger partial charge in [0.15, 0.2) is 5.78 Å². The smallest absolute Gasteiger partial charge is 0.196 e. The van der Waals surface area contributed by atoms with E-state index in [4.69, 9.17) is 0 Å². The highest BCUT2D eigenvalue weighted by molar-refractivity contribution is 6.21. The molecule has 0 saturated heterocycles. The van der Waals surface area contributed by atoms with Crippen LogP contribution in [0.2, 0.25) is 0 Å². The van der Waals surface area contributed by atoms with Crippen LogP contribution in [0.4, 0.5) is 0 Å². The third-order valence-corrected chi connectivity index (χ3v) is 3.00. The predicted octanol–water partition coefficient (Wildman–Crippen LogP) is 2.91. The minimum absolute atomic E-state index is 0.107. The zero-order valence-electron chi connectivity index (χ0n) is 9.24. The second kappa shape index (κ2) is 3.01. The first-order valence-electron chi connectivity index (χ1n) is 5.31. The average Bonchev–Trinajstić information content (AvgIpc) is 2.54. The predicted molar refractivity (Wildman–Crippen MR) is 62.6 cm³/mol. The van der Waals surface area contributed by atoms with Crippen molar-refractivity contribution in [2.75, 3.05) is 0 Å². The van der Waals surface area contributed by atoms with Crippen LogP contribution in [0.25, 0.3) is 11.3 Å². The summed E-state index contributed by atoms with van der Waals surface area (Å²) in [7, 11) is 0. The minimum atomic E-state index is 0.107. The van der Waals surface area contributed by atoms with Gasteiger partial charge in [-0.05, 0) is 25.5 Å². The second-order valence-electron chi connectivity index (χ2n) is 4.18. The van der Waals surface area contributed by atoms with Gasteiger partial charge in [0.2, 0.25) is 0 Å². The summed E-state index contributed by atoms with van der Waals surface area (Å²) < 4.78 is 0. The first-order valence-corrected chi connectivity index (χ1v) is 5.31. The number of rotatable bonds is 0. The normalized spacial score (nSPS) is 12.5. The maximum Gasteiger partial charge on any atom is 0.196 e. The van der Waals surface area contributed by atoms with Gasteiger partial charge in [-0.25, -0.2) is 0 Å². The first-order chi connectivity index (χ1) is 7.68.